The van der Waals surface area contributed by atoms with E-state index in [4.69, 9.17) is 11.5 Å². The van der Waals surface area contributed by atoms with E-state index < -0.39 is 0 Å². The van der Waals surface area contributed by atoms with Crippen LogP contribution in [0.1, 0.15) is 24.5 Å². The van der Waals surface area contributed by atoms with Gasteiger partial charge in [-0.05, 0) is 28.8 Å². The second kappa shape index (κ2) is 3.43. The Balaban J connectivity index is 2.13. The van der Waals surface area contributed by atoms with E-state index in [-0.39, 0.29) is 0 Å². The minimum absolute atomic E-state index is 0.326. The normalized spacial score (nSPS) is 24.6. The molecule has 1 aliphatic carbocycles. The quantitative estimate of drug-likeness (QED) is 0.739. The molecule has 16 heavy (non-hydrogen) atoms. The molecule has 2 aromatic heterocycles. The lowest BCUT2D eigenvalue weighted by Gasteiger charge is -2.32. The number of aromatic nitrogens is 3. The SMILES string of the molecule is Nc1ncnc2[nH]c([C@H]3C[C@H](N)C3)c(Br)c12. The van der Waals surface area contributed by atoms with Gasteiger partial charge in [0.2, 0.25) is 0 Å². The molecule has 1 aliphatic rings. The van der Waals surface area contributed by atoms with E-state index in [0.29, 0.717) is 17.8 Å². The second-order valence-electron chi connectivity index (χ2n) is 4.26. The van der Waals surface area contributed by atoms with Gasteiger partial charge in [-0.3, -0.25) is 0 Å². The van der Waals surface area contributed by atoms with Crippen LogP contribution in [0.2, 0.25) is 0 Å². The van der Waals surface area contributed by atoms with Crippen molar-refractivity contribution in [1.82, 2.24) is 15.0 Å². The summed E-state index contributed by atoms with van der Waals surface area (Å²) in [6, 6.07) is 0.326. The zero-order chi connectivity index (χ0) is 11.3. The number of nitrogen functional groups attached to an aromatic ring is 1. The average molecular weight is 282 g/mol. The van der Waals surface area contributed by atoms with Gasteiger partial charge in [0.15, 0.2) is 0 Å². The number of halogens is 1. The first kappa shape index (κ1) is 10.0. The van der Waals surface area contributed by atoms with Crippen LogP contribution in [0, 0.1) is 0 Å². The summed E-state index contributed by atoms with van der Waals surface area (Å²) in [5.41, 5.74) is 13.6. The Morgan fingerprint density at radius 1 is 1.38 bits per heavy atom. The predicted octanol–water partition coefficient (Wildman–Crippen LogP) is 1.51. The summed E-state index contributed by atoms with van der Waals surface area (Å²) in [7, 11) is 0. The molecule has 2 aromatic rings. The summed E-state index contributed by atoms with van der Waals surface area (Å²) in [6.45, 7) is 0. The zero-order valence-electron chi connectivity index (χ0n) is 8.57. The minimum atomic E-state index is 0.326. The van der Waals surface area contributed by atoms with E-state index in [1.54, 1.807) is 0 Å². The number of anilines is 1. The topological polar surface area (TPSA) is 93.6 Å². The van der Waals surface area contributed by atoms with Crippen molar-refractivity contribution in [3.8, 4) is 0 Å². The predicted molar refractivity (Wildman–Crippen MR) is 66.0 cm³/mol. The van der Waals surface area contributed by atoms with Crippen LogP contribution >= 0.6 is 15.9 Å². The Kier molecular flexibility index (Phi) is 2.15. The Hall–Kier alpha value is -1.14. The monoisotopic (exact) mass is 281 g/mol. The van der Waals surface area contributed by atoms with Gasteiger partial charge in [-0.25, -0.2) is 9.97 Å². The zero-order valence-corrected chi connectivity index (χ0v) is 10.2. The molecule has 6 heteroatoms. The summed E-state index contributed by atoms with van der Waals surface area (Å²) < 4.78 is 0.984. The molecule has 0 unspecified atom stereocenters. The third-order valence-corrected chi connectivity index (χ3v) is 3.99. The lowest BCUT2D eigenvalue weighted by Crippen LogP contribution is -2.35. The summed E-state index contributed by atoms with van der Waals surface area (Å²) in [6.07, 6.45) is 3.49. The van der Waals surface area contributed by atoms with Gasteiger partial charge >= 0.3 is 0 Å². The number of H-pyrrole nitrogens is 1. The molecule has 0 saturated heterocycles. The molecule has 0 amide bonds. The average Bonchev–Trinajstić information content (AvgIpc) is 2.53. The van der Waals surface area contributed by atoms with Crippen LogP contribution in [0.5, 0.6) is 0 Å². The Bertz CT molecular complexity index is 543. The molecule has 84 valence electrons. The highest BCUT2D eigenvalue weighted by atomic mass is 79.9. The number of nitrogens with zero attached hydrogens (tertiary/aromatic N) is 2. The number of aromatic amines is 1. The summed E-state index contributed by atoms with van der Waals surface area (Å²) in [5.74, 6) is 0.987. The largest absolute Gasteiger partial charge is 0.383 e. The number of fused-ring (bicyclic) bond motifs is 1. The maximum absolute atomic E-state index is 5.83. The van der Waals surface area contributed by atoms with Crippen LogP contribution in [0.3, 0.4) is 0 Å². The molecule has 1 saturated carbocycles. The molecule has 1 fully saturated rings. The first-order valence-electron chi connectivity index (χ1n) is 5.20. The van der Waals surface area contributed by atoms with E-state index in [9.17, 15) is 0 Å². The minimum Gasteiger partial charge on any atom is -0.383 e. The Morgan fingerprint density at radius 2 is 2.12 bits per heavy atom. The van der Waals surface area contributed by atoms with E-state index >= 15 is 0 Å². The van der Waals surface area contributed by atoms with Crippen LogP contribution in [-0.2, 0) is 0 Å². The molecule has 5 N–H and O–H groups in total. The molecule has 0 spiro atoms. The maximum atomic E-state index is 5.83. The maximum Gasteiger partial charge on any atom is 0.144 e. The van der Waals surface area contributed by atoms with Crippen molar-refractivity contribution in [1.29, 1.82) is 0 Å². The number of hydrogen-bond donors (Lipinski definition) is 3. The van der Waals surface area contributed by atoms with Crippen LogP contribution in [0.15, 0.2) is 10.8 Å². The molecular weight excluding hydrogens is 270 g/mol. The van der Waals surface area contributed by atoms with Crippen molar-refractivity contribution >= 4 is 32.8 Å². The lowest BCUT2D eigenvalue weighted by atomic mass is 9.79. The van der Waals surface area contributed by atoms with Gasteiger partial charge in [-0.1, -0.05) is 0 Å². The van der Waals surface area contributed by atoms with E-state index in [0.717, 1.165) is 34.0 Å². The van der Waals surface area contributed by atoms with Crippen molar-refractivity contribution in [2.45, 2.75) is 24.8 Å². The smallest absolute Gasteiger partial charge is 0.144 e. The van der Waals surface area contributed by atoms with Gasteiger partial charge in [-0.15, -0.1) is 0 Å². The molecule has 3 rings (SSSR count). The second-order valence-corrected chi connectivity index (χ2v) is 5.06. The third kappa shape index (κ3) is 1.33. The molecule has 0 aromatic carbocycles. The number of hydrogen-bond acceptors (Lipinski definition) is 4. The highest BCUT2D eigenvalue weighted by Gasteiger charge is 2.31. The Labute approximate surface area is 101 Å². The van der Waals surface area contributed by atoms with Crippen LogP contribution in [0.25, 0.3) is 11.0 Å². The summed E-state index contributed by atoms with van der Waals surface area (Å²) in [4.78, 5) is 11.5. The number of rotatable bonds is 1. The van der Waals surface area contributed by atoms with Crippen LogP contribution < -0.4 is 11.5 Å². The molecule has 0 aliphatic heterocycles. The Morgan fingerprint density at radius 3 is 2.75 bits per heavy atom. The van der Waals surface area contributed by atoms with Gasteiger partial charge in [0, 0.05) is 17.7 Å². The highest BCUT2D eigenvalue weighted by molar-refractivity contribution is 9.10. The van der Waals surface area contributed by atoms with E-state index in [1.165, 1.54) is 6.33 Å². The molecule has 0 atom stereocenters. The third-order valence-electron chi connectivity index (χ3n) is 3.17. The standard InChI is InChI=1S/C10H12BrN5/c11-7-6-9(13)14-3-15-10(6)16-8(7)4-1-5(12)2-4/h3-5H,1-2,12H2,(H3,13,14,15,16)/t4-,5-. The highest BCUT2D eigenvalue weighted by Crippen LogP contribution is 2.42. The van der Waals surface area contributed by atoms with Crippen LogP contribution in [0.4, 0.5) is 5.82 Å². The summed E-state index contributed by atoms with van der Waals surface area (Å²) >= 11 is 3.57. The van der Waals surface area contributed by atoms with Crippen molar-refractivity contribution in [2.75, 3.05) is 5.73 Å². The fraction of sp³-hybridized carbons (Fsp3) is 0.400. The fourth-order valence-electron chi connectivity index (χ4n) is 2.21. The van der Waals surface area contributed by atoms with Gasteiger partial charge in [0.1, 0.15) is 17.8 Å². The van der Waals surface area contributed by atoms with Crippen molar-refractivity contribution in [3.63, 3.8) is 0 Å². The molecule has 0 bridgehead atoms. The van der Waals surface area contributed by atoms with Crippen molar-refractivity contribution < 1.29 is 0 Å². The fourth-order valence-corrected chi connectivity index (χ4v) is 3.02. The van der Waals surface area contributed by atoms with E-state index in [1.807, 2.05) is 0 Å². The number of nitrogens with two attached hydrogens (primary N) is 2. The first-order valence-corrected chi connectivity index (χ1v) is 5.99. The molecule has 2 heterocycles. The molecule has 0 radical (unpaired) electrons. The lowest BCUT2D eigenvalue weighted by molar-refractivity contribution is 0.345. The van der Waals surface area contributed by atoms with Gasteiger partial charge in [0.25, 0.3) is 0 Å². The van der Waals surface area contributed by atoms with Crippen molar-refractivity contribution in [3.05, 3.63) is 16.5 Å². The van der Waals surface area contributed by atoms with Crippen molar-refractivity contribution in [2.24, 2.45) is 5.73 Å². The molecular formula is C10H12BrN5. The van der Waals surface area contributed by atoms with Crippen LogP contribution in [-0.4, -0.2) is 21.0 Å². The first-order chi connectivity index (χ1) is 7.66. The molecule has 5 nitrogen and oxygen atoms in total. The van der Waals surface area contributed by atoms with Gasteiger partial charge in [-0.2, -0.15) is 0 Å². The summed E-state index contributed by atoms with van der Waals surface area (Å²) in [5, 5.41) is 0.873. The van der Waals surface area contributed by atoms with Gasteiger partial charge < -0.3 is 16.5 Å². The number of nitrogens with one attached hydrogen (secondary N) is 1. The van der Waals surface area contributed by atoms with E-state index in [2.05, 4.69) is 30.9 Å². The van der Waals surface area contributed by atoms with Gasteiger partial charge in [0.05, 0.1) is 9.86 Å².